The van der Waals surface area contributed by atoms with Gasteiger partial charge in [0, 0.05) is 12.4 Å². The smallest absolute Gasteiger partial charge is 0.335 e. The molecule has 0 aromatic carbocycles. The van der Waals surface area contributed by atoms with Gasteiger partial charge < -0.3 is 28.2 Å². The summed E-state index contributed by atoms with van der Waals surface area (Å²) >= 11 is 7.20. The fourth-order valence-electron chi connectivity index (χ4n) is 6.27. The zero-order valence-corrected chi connectivity index (χ0v) is 29.9. The largest absolute Gasteiger partial charge is 0.459 e. The molecule has 12 nitrogen and oxygen atoms in total. The molecule has 3 aromatic heterocycles. The number of hydrogen-bond donors (Lipinski definition) is 1. The van der Waals surface area contributed by atoms with Crippen LogP contribution >= 0.6 is 24.0 Å². The van der Waals surface area contributed by atoms with E-state index in [0.29, 0.717) is 21.9 Å². The summed E-state index contributed by atoms with van der Waals surface area (Å²) < 4.78 is 38.6. The van der Waals surface area contributed by atoms with Crippen LogP contribution in [0.4, 0.5) is 5.82 Å². The van der Waals surface area contributed by atoms with E-state index in [2.05, 4.69) is 70.3 Å². The number of thioether (sulfide) groups is 1. The van der Waals surface area contributed by atoms with Crippen LogP contribution in [0.15, 0.2) is 30.1 Å². The van der Waals surface area contributed by atoms with Gasteiger partial charge in [-0.05, 0) is 40.6 Å². The molecule has 2 saturated heterocycles. The van der Waals surface area contributed by atoms with Gasteiger partial charge in [0.1, 0.15) is 35.7 Å². The zero-order chi connectivity index (χ0) is 31.3. The molecule has 2 fully saturated rings. The van der Waals surface area contributed by atoms with Crippen LogP contribution in [0.3, 0.4) is 0 Å². The Morgan fingerprint density at radius 2 is 1.74 bits per heavy atom. The zero-order valence-electron chi connectivity index (χ0n) is 26.3. The van der Waals surface area contributed by atoms with E-state index in [0.717, 1.165) is 0 Å². The molecule has 43 heavy (non-hydrogen) atoms. The van der Waals surface area contributed by atoms with Crippen molar-refractivity contribution in [1.29, 1.82) is 0 Å². The van der Waals surface area contributed by atoms with Crippen molar-refractivity contribution in [2.45, 2.75) is 107 Å². The summed E-state index contributed by atoms with van der Waals surface area (Å²) in [5.74, 6) is 0.347. The maximum Gasteiger partial charge on any atom is 0.335 e. The Morgan fingerprint density at radius 1 is 1.07 bits per heavy atom. The first-order valence-electron chi connectivity index (χ1n) is 14.7. The van der Waals surface area contributed by atoms with Crippen molar-refractivity contribution in [1.82, 2.24) is 29.3 Å². The molecule has 4 atom stereocenters. The fourth-order valence-corrected chi connectivity index (χ4v) is 18.3. The highest BCUT2D eigenvalue weighted by Crippen LogP contribution is 2.49. The van der Waals surface area contributed by atoms with E-state index in [9.17, 15) is 0 Å². The molecular formula is C27H43N7O5S2Si2. The number of fused-ring (bicyclic) bond motifs is 2. The Bertz CT molecular complexity index is 1420. The molecule has 0 radical (unpaired) electrons. The maximum absolute atomic E-state index is 7.41. The van der Waals surface area contributed by atoms with Crippen LogP contribution < -0.4 is 5.73 Å². The van der Waals surface area contributed by atoms with E-state index in [4.69, 9.17) is 45.5 Å². The predicted octanol–water partition coefficient (Wildman–Crippen LogP) is 5.40. The molecule has 0 spiro atoms. The Hall–Kier alpha value is -1.93. The van der Waals surface area contributed by atoms with E-state index >= 15 is 0 Å². The minimum Gasteiger partial charge on any atom is -0.459 e. The normalized spacial score (nSPS) is 25.4. The van der Waals surface area contributed by atoms with Gasteiger partial charge in [0.15, 0.2) is 18.0 Å². The average Bonchev–Trinajstić information content (AvgIpc) is 3.67. The Labute approximate surface area is 264 Å². The SMILES string of the molecule is CSc1nn([C@@H]2O[C@H]3CO[Si](C(C)C)(C(C)C)O[Si](C(C)C)(C(C)C)O[C@H]3[C@H]2OC(=S)n2ccnc2)c2ncnc(N)c12. The lowest BCUT2D eigenvalue weighted by Crippen LogP contribution is -2.66. The third-order valence-electron chi connectivity index (χ3n) is 8.49. The van der Waals surface area contributed by atoms with Gasteiger partial charge in [0.05, 0.1) is 12.0 Å². The molecule has 0 saturated carbocycles. The molecule has 236 valence electrons. The van der Waals surface area contributed by atoms with E-state index < -0.39 is 41.7 Å². The lowest BCUT2D eigenvalue weighted by molar-refractivity contribution is -0.0610. The minimum absolute atomic E-state index is 0.126. The van der Waals surface area contributed by atoms with Crippen LogP contribution in [0, 0.1) is 0 Å². The molecule has 0 amide bonds. The summed E-state index contributed by atoms with van der Waals surface area (Å²) in [5.41, 5.74) is 7.50. The first kappa shape index (κ1) is 32.5. The number of ether oxygens (including phenoxy) is 2. The second kappa shape index (κ2) is 12.5. The highest BCUT2D eigenvalue weighted by atomic mass is 32.2. The highest BCUT2D eigenvalue weighted by Gasteiger charge is 2.62. The number of hydrogen-bond acceptors (Lipinski definition) is 12. The van der Waals surface area contributed by atoms with Gasteiger partial charge in [-0.25, -0.2) is 19.6 Å². The van der Waals surface area contributed by atoms with Crippen LogP contribution in [-0.4, -0.2) is 82.8 Å². The fraction of sp³-hybridized carbons (Fsp3) is 0.667. The van der Waals surface area contributed by atoms with Crippen molar-refractivity contribution in [3.63, 3.8) is 0 Å². The minimum atomic E-state index is -2.99. The van der Waals surface area contributed by atoms with Gasteiger partial charge in [-0.15, -0.1) is 11.8 Å². The van der Waals surface area contributed by atoms with E-state index in [1.54, 1.807) is 28.0 Å². The number of nitrogens with two attached hydrogens (primary N) is 1. The number of rotatable bonds is 7. The highest BCUT2D eigenvalue weighted by molar-refractivity contribution is 7.98. The molecule has 5 heterocycles. The van der Waals surface area contributed by atoms with E-state index in [1.165, 1.54) is 18.1 Å². The van der Waals surface area contributed by atoms with Crippen molar-refractivity contribution in [2.75, 3.05) is 18.6 Å². The molecule has 3 aromatic rings. The summed E-state index contributed by atoms with van der Waals surface area (Å²) in [6, 6.07) is 0. The second-order valence-electron chi connectivity index (χ2n) is 12.4. The third kappa shape index (κ3) is 5.58. The number of thiocarbonyl (C=S) groups is 1. The molecular weight excluding hydrogens is 623 g/mol. The molecule has 5 rings (SSSR count). The third-order valence-corrected chi connectivity index (χ3v) is 19.7. The number of anilines is 1. The molecule has 0 bridgehead atoms. The predicted molar refractivity (Wildman–Crippen MR) is 174 cm³/mol. The summed E-state index contributed by atoms with van der Waals surface area (Å²) in [6.45, 7) is 17.8. The van der Waals surface area contributed by atoms with Crippen LogP contribution in [-0.2, 0) is 22.4 Å². The number of aromatic nitrogens is 6. The average molecular weight is 666 g/mol. The van der Waals surface area contributed by atoms with Crippen molar-refractivity contribution >= 4 is 63.1 Å². The molecule has 2 aliphatic heterocycles. The van der Waals surface area contributed by atoms with Crippen molar-refractivity contribution < 1.29 is 22.4 Å². The first-order chi connectivity index (χ1) is 20.4. The monoisotopic (exact) mass is 665 g/mol. The van der Waals surface area contributed by atoms with Gasteiger partial charge in [0.2, 0.25) is 0 Å². The quantitative estimate of drug-likeness (QED) is 0.197. The summed E-state index contributed by atoms with van der Waals surface area (Å²) in [7, 11) is -5.76. The summed E-state index contributed by atoms with van der Waals surface area (Å²) in [6.07, 6.45) is 5.85. The number of nitrogen functional groups attached to an aromatic ring is 1. The molecule has 0 aliphatic carbocycles. The maximum atomic E-state index is 7.41. The Morgan fingerprint density at radius 3 is 2.33 bits per heavy atom. The van der Waals surface area contributed by atoms with E-state index in [-0.39, 0.29) is 33.9 Å². The standard InChI is InChI=1S/C27H43N7O5S2Si2/c1-15(2)42(16(3)4)35-12-19-21(38-43(39-42,17(5)6)18(7)8)22(37-27(40)33-11-10-29-14-33)26(36-19)34-24-20(25(32-34)41-9)23(28)30-13-31-24/h10-11,13-19,21-22,26H,12H2,1-9H3,(H2,28,30,31)/t19-,21+,22+,26+/m0/s1. The van der Waals surface area contributed by atoms with Crippen LogP contribution in [0.1, 0.15) is 61.6 Å². The second-order valence-corrected chi connectivity index (χ2v) is 22.3. The number of imidazole rings is 1. The molecule has 2 N–H and O–H groups in total. The lowest BCUT2D eigenvalue weighted by Gasteiger charge is -2.51. The molecule has 2 aliphatic rings. The first-order valence-corrected chi connectivity index (χ1v) is 20.3. The van der Waals surface area contributed by atoms with Gasteiger partial charge in [0.25, 0.3) is 5.17 Å². The van der Waals surface area contributed by atoms with Crippen LogP contribution in [0.5, 0.6) is 0 Å². The Kier molecular flexibility index (Phi) is 9.41. The van der Waals surface area contributed by atoms with Crippen LogP contribution in [0.25, 0.3) is 11.0 Å². The topological polar surface area (TPSA) is 134 Å². The van der Waals surface area contributed by atoms with Gasteiger partial charge in [-0.2, -0.15) is 5.10 Å². The van der Waals surface area contributed by atoms with Crippen molar-refractivity contribution in [3.05, 3.63) is 25.0 Å². The van der Waals surface area contributed by atoms with Gasteiger partial charge in [-0.3, -0.25) is 4.57 Å². The molecule has 16 heteroatoms. The summed E-state index contributed by atoms with van der Waals surface area (Å²) in [5, 5.41) is 6.46. The van der Waals surface area contributed by atoms with Gasteiger partial charge in [-0.1, -0.05) is 55.4 Å². The van der Waals surface area contributed by atoms with Crippen LogP contribution in [0.2, 0.25) is 22.2 Å². The lowest BCUT2D eigenvalue weighted by atomic mass is 10.1. The van der Waals surface area contributed by atoms with E-state index in [1.807, 2.05) is 6.26 Å². The molecule has 0 unspecified atom stereocenters. The van der Waals surface area contributed by atoms with Gasteiger partial charge >= 0.3 is 17.1 Å². The summed E-state index contributed by atoms with van der Waals surface area (Å²) in [4.78, 5) is 12.9. The number of nitrogens with zero attached hydrogens (tertiary/aromatic N) is 6. The Balaban J connectivity index is 1.66. The van der Waals surface area contributed by atoms with Crippen molar-refractivity contribution in [2.24, 2.45) is 0 Å². The van der Waals surface area contributed by atoms with Crippen molar-refractivity contribution in [3.8, 4) is 0 Å².